The maximum Gasteiger partial charge on any atom is 0.255 e. The van der Waals surface area contributed by atoms with Crippen LogP contribution in [0.4, 0.5) is 11.4 Å². The van der Waals surface area contributed by atoms with Gasteiger partial charge < -0.3 is 10.6 Å². The van der Waals surface area contributed by atoms with E-state index in [-0.39, 0.29) is 10.8 Å². The molecule has 0 aliphatic rings. The highest BCUT2D eigenvalue weighted by Crippen LogP contribution is 2.23. The van der Waals surface area contributed by atoms with Crippen LogP contribution in [0.3, 0.4) is 0 Å². The summed E-state index contributed by atoms with van der Waals surface area (Å²) in [6, 6.07) is 18.6. The first-order valence-corrected chi connectivity index (χ1v) is 11.5. The van der Waals surface area contributed by atoms with Crippen LogP contribution >= 0.6 is 23.2 Å². The van der Waals surface area contributed by atoms with Crippen LogP contribution in [0.15, 0.2) is 77.7 Å². The van der Waals surface area contributed by atoms with Crippen molar-refractivity contribution in [2.75, 3.05) is 24.2 Å². The Morgan fingerprint density at radius 1 is 0.812 bits per heavy atom. The van der Waals surface area contributed by atoms with Gasteiger partial charge >= 0.3 is 0 Å². The molecule has 32 heavy (non-hydrogen) atoms. The van der Waals surface area contributed by atoms with Crippen molar-refractivity contribution in [1.82, 2.24) is 4.31 Å². The first-order valence-electron chi connectivity index (χ1n) is 9.34. The first-order chi connectivity index (χ1) is 15.2. The lowest BCUT2D eigenvalue weighted by atomic mass is 10.2. The molecule has 166 valence electrons. The van der Waals surface area contributed by atoms with E-state index in [1.165, 1.54) is 31.3 Å². The number of carbonyl (C=O) groups is 2. The van der Waals surface area contributed by atoms with E-state index in [4.69, 9.17) is 23.2 Å². The Hall–Kier alpha value is -2.91. The quantitative estimate of drug-likeness (QED) is 0.508. The molecule has 0 spiro atoms. The summed E-state index contributed by atoms with van der Waals surface area (Å²) in [5.74, 6) is -0.955. The third-order valence-electron chi connectivity index (χ3n) is 4.44. The lowest BCUT2D eigenvalue weighted by molar-refractivity contribution is -0.116. The third kappa shape index (κ3) is 5.86. The van der Waals surface area contributed by atoms with Crippen molar-refractivity contribution in [3.05, 3.63) is 88.4 Å². The number of carbonyl (C=O) groups excluding carboxylic acids is 2. The summed E-state index contributed by atoms with van der Waals surface area (Å²) >= 11 is 11.7. The van der Waals surface area contributed by atoms with E-state index in [2.05, 4.69) is 10.6 Å². The summed E-state index contributed by atoms with van der Waals surface area (Å²) in [4.78, 5) is 25.0. The lowest BCUT2D eigenvalue weighted by Gasteiger charge is -2.18. The topological polar surface area (TPSA) is 95.6 Å². The molecule has 0 saturated carbocycles. The molecule has 0 bridgehead atoms. The minimum absolute atomic E-state index is 0.0211. The molecular formula is C22H19Cl2N3O4S. The van der Waals surface area contributed by atoms with Crippen LogP contribution in [-0.4, -0.2) is 38.1 Å². The van der Waals surface area contributed by atoms with E-state index >= 15 is 0 Å². The molecule has 0 radical (unpaired) electrons. The monoisotopic (exact) mass is 491 g/mol. The van der Waals surface area contributed by atoms with Gasteiger partial charge in [0.25, 0.3) is 5.91 Å². The fraction of sp³-hybridized carbons (Fsp3) is 0.0909. The number of hydrogen-bond acceptors (Lipinski definition) is 4. The smallest absolute Gasteiger partial charge is 0.255 e. The number of anilines is 2. The highest BCUT2D eigenvalue weighted by molar-refractivity contribution is 7.89. The Bertz CT molecular complexity index is 1230. The molecule has 0 aromatic heterocycles. The number of likely N-dealkylation sites (N-methyl/N-ethyl adjacent to an activating group) is 1. The molecule has 2 N–H and O–H groups in total. The van der Waals surface area contributed by atoms with Gasteiger partial charge in [0.2, 0.25) is 15.9 Å². The van der Waals surface area contributed by atoms with Crippen molar-refractivity contribution in [3.63, 3.8) is 0 Å². The maximum atomic E-state index is 12.7. The molecule has 3 aromatic carbocycles. The van der Waals surface area contributed by atoms with Crippen molar-refractivity contribution in [1.29, 1.82) is 0 Å². The van der Waals surface area contributed by atoms with E-state index in [0.29, 0.717) is 27.0 Å². The molecule has 10 heteroatoms. The summed E-state index contributed by atoms with van der Waals surface area (Å²) in [6.07, 6.45) is 0. The number of amides is 2. The molecular weight excluding hydrogens is 473 g/mol. The second-order valence-corrected chi connectivity index (χ2v) is 9.69. The van der Waals surface area contributed by atoms with Gasteiger partial charge in [-0.15, -0.1) is 0 Å². The minimum atomic E-state index is -3.88. The van der Waals surface area contributed by atoms with Crippen LogP contribution in [0.5, 0.6) is 0 Å². The fourth-order valence-corrected chi connectivity index (χ4v) is 4.14. The van der Waals surface area contributed by atoms with Crippen LogP contribution in [0.25, 0.3) is 0 Å². The summed E-state index contributed by atoms with van der Waals surface area (Å²) < 4.78 is 26.3. The molecule has 2 amide bonds. The van der Waals surface area contributed by atoms with Crippen LogP contribution in [0.1, 0.15) is 10.4 Å². The van der Waals surface area contributed by atoms with Gasteiger partial charge in [0, 0.05) is 22.7 Å². The SMILES string of the molecule is CN(CC(=O)Nc1ccccc1NC(=O)c1ccc(Cl)cc1)S(=O)(=O)c1ccc(Cl)cc1. The van der Waals surface area contributed by atoms with E-state index in [0.717, 1.165) is 4.31 Å². The van der Waals surface area contributed by atoms with Crippen molar-refractivity contribution < 1.29 is 18.0 Å². The third-order valence-corrected chi connectivity index (χ3v) is 6.77. The number of halogens is 2. The standard InChI is InChI=1S/C22H19Cl2N3O4S/c1-27(32(30,31)18-12-10-17(24)11-13-18)14-21(28)25-19-4-2-3-5-20(19)26-22(29)15-6-8-16(23)9-7-15/h2-13H,14H2,1H3,(H,25,28)(H,26,29). The van der Waals surface area contributed by atoms with Gasteiger partial charge in [-0.3, -0.25) is 9.59 Å². The van der Waals surface area contributed by atoms with Crippen LogP contribution in [0, 0.1) is 0 Å². The number of benzene rings is 3. The first kappa shape index (κ1) is 23.7. The zero-order valence-corrected chi connectivity index (χ0v) is 19.2. The molecule has 0 saturated heterocycles. The number of para-hydroxylation sites is 2. The van der Waals surface area contributed by atoms with Gasteiger partial charge in [-0.05, 0) is 60.7 Å². The average molecular weight is 492 g/mol. The Labute approximate surface area is 196 Å². The molecule has 0 fully saturated rings. The highest BCUT2D eigenvalue weighted by Gasteiger charge is 2.23. The maximum absolute atomic E-state index is 12.7. The number of nitrogens with zero attached hydrogens (tertiary/aromatic N) is 1. The largest absolute Gasteiger partial charge is 0.323 e. The highest BCUT2D eigenvalue weighted by atomic mass is 35.5. The van der Waals surface area contributed by atoms with Crippen molar-refractivity contribution >= 4 is 56.4 Å². The fourth-order valence-electron chi connectivity index (χ4n) is 2.76. The number of sulfonamides is 1. The Morgan fingerprint density at radius 2 is 1.31 bits per heavy atom. The zero-order chi connectivity index (χ0) is 23.3. The Balaban J connectivity index is 1.69. The normalized spacial score (nSPS) is 11.2. The van der Waals surface area contributed by atoms with Gasteiger partial charge in [0.05, 0.1) is 22.8 Å². The van der Waals surface area contributed by atoms with Crippen LogP contribution < -0.4 is 10.6 Å². The van der Waals surface area contributed by atoms with Gasteiger partial charge in [-0.25, -0.2) is 8.42 Å². The molecule has 0 unspecified atom stereocenters. The van der Waals surface area contributed by atoms with Gasteiger partial charge in [0.1, 0.15) is 0 Å². The molecule has 3 aromatic rings. The van der Waals surface area contributed by atoms with Gasteiger partial charge in [-0.1, -0.05) is 35.3 Å². The van der Waals surface area contributed by atoms with Crippen molar-refractivity contribution in [2.45, 2.75) is 4.90 Å². The van der Waals surface area contributed by atoms with E-state index in [1.54, 1.807) is 48.5 Å². The molecule has 0 heterocycles. The van der Waals surface area contributed by atoms with Crippen LogP contribution in [0.2, 0.25) is 10.0 Å². The Morgan fingerprint density at radius 3 is 1.88 bits per heavy atom. The zero-order valence-electron chi connectivity index (χ0n) is 16.9. The van der Waals surface area contributed by atoms with E-state index in [1.807, 2.05) is 0 Å². The summed E-state index contributed by atoms with van der Waals surface area (Å²) in [5, 5.41) is 6.27. The second kappa shape index (κ2) is 10.1. The number of hydrogen-bond donors (Lipinski definition) is 2. The molecule has 0 atom stereocenters. The molecule has 3 rings (SSSR count). The molecule has 0 aliphatic heterocycles. The minimum Gasteiger partial charge on any atom is -0.323 e. The van der Waals surface area contributed by atoms with E-state index < -0.39 is 22.5 Å². The second-order valence-electron chi connectivity index (χ2n) is 6.77. The predicted octanol–water partition coefficient (Wildman–Crippen LogP) is 4.50. The predicted molar refractivity (Wildman–Crippen MR) is 126 cm³/mol. The van der Waals surface area contributed by atoms with Gasteiger partial charge in [0.15, 0.2) is 0 Å². The average Bonchev–Trinajstić information content (AvgIpc) is 2.75. The van der Waals surface area contributed by atoms with E-state index in [9.17, 15) is 18.0 Å². The number of nitrogens with one attached hydrogen (secondary N) is 2. The molecule has 0 aliphatic carbocycles. The lowest BCUT2D eigenvalue weighted by Crippen LogP contribution is -2.35. The Kier molecular flexibility index (Phi) is 7.52. The number of rotatable bonds is 7. The van der Waals surface area contributed by atoms with Crippen LogP contribution in [-0.2, 0) is 14.8 Å². The van der Waals surface area contributed by atoms with Gasteiger partial charge in [-0.2, -0.15) is 4.31 Å². The summed E-state index contributed by atoms with van der Waals surface area (Å²) in [7, 11) is -2.58. The molecule has 7 nitrogen and oxygen atoms in total. The van der Waals surface area contributed by atoms with Crippen molar-refractivity contribution in [3.8, 4) is 0 Å². The summed E-state index contributed by atoms with van der Waals surface area (Å²) in [6.45, 7) is -0.426. The summed E-state index contributed by atoms with van der Waals surface area (Å²) in [5.41, 5.74) is 1.09. The van der Waals surface area contributed by atoms with Crippen molar-refractivity contribution in [2.24, 2.45) is 0 Å².